The molecule has 7 heteroatoms. The van der Waals surface area contributed by atoms with E-state index in [1.165, 1.54) is 22.5 Å². The minimum atomic E-state index is -0.135. The second-order valence-corrected chi connectivity index (χ2v) is 10.7. The summed E-state index contributed by atoms with van der Waals surface area (Å²) in [6, 6.07) is 22.2. The zero-order valence-corrected chi connectivity index (χ0v) is 24.0. The number of pyridine rings is 1. The summed E-state index contributed by atoms with van der Waals surface area (Å²) in [5.74, 6) is -0.0296. The van der Waals surface area contributed by atoms with Crippen molar-refractivity contribution in [3.63, 3.8) is 0 Å². The molecule has 0 spiro atoms. The highest BCUT2D eigenvalue weighted by atomic mass is 32.1. The molecule has 2 atom stereocenters. The van der Waals surface area contributed by atoms with Crippen LogP contribution in [0.15, 0.2) is 72.9 Å². The van der Waals surface area contributed by atoms with Crippen molar-refractivity contribution in [3.05, 3.63) is 112 Å². The summed E-state index contributed by atoms with van der Waals surface area (Å²) in [6.45, 7) is 11.0. The number of aromatic nitrogens is 2. The fourth-order valence-corrected chi connectivity index (χ4v) is 6.00. The minimum Gasteiger partial charge on any atom is -0.352 e. The van der Waals surface area contributed by atoms with Crippen molar-refractivity contribution >= 4 is 28.9 Å². The van der Waals surface area contributed by atoms with Crippen LogP contribution in [0.3, 0.4) is 0 Å². The molecule has 3 heterocycles. The molecule has 2 aromatic heterocycles. The van der Waals surface area contributed by atoms with Crippen LogP contribution in [0.2, 0.25) is 0 Å². The van der Waals surface area contributed by atoms with E-state index in [2.05, 4.69) is 76.2 Å². The topological polar surface area (TPSA) is 62.2 Å². The predicted molar refractivity (Wildman–Crippen MR) is 161 cm³/mol. The smallest absolute Gasteiger partial charge is 0.226 e. The lowest BCUT2D eigenvalue weighted by Gasteiger charge is -2.29. The first kappa shape index (κ1) is 26.6. The Morgan fingerprint density at radius 2 is 1.72 bits per heavy atom. The molecule has 2 unspecified atom stereocenters. The lowest BCUT2D eigenvalue weighted by atomic mass is 9.93. The second kappa shape index (κ2) is 11.0. The first-order chi connectivity index (χ1) is 18.8. The van der Waals surface area contributed by atoms with E-state index in [0.29, 0.717) is 18.1 Å². The molecule has 1 amide bonds. The fraction of sp³-hybridized carbons (Fsp3) is 0.281. The van der Waals surface area contributed by atoms with Gasteiger partial charge in [0, 0.05) is 47.5 Å². The maximum Gasteiger partial charge on any atom is 0.226 e. The van der Waals surface area contributed by atoms with Gasteiger partial charge in [-0.2, -0.15) is 0 Å². The molecule has 0 bridgehead atoms. The van der Waals surface area contributed by atoms with Crippen LogP contribution in [0.25, 0.3) is 5.69 Å². The van der Waals surface area contributed by atoms with Gasteiger partial charge in [0.25, 0.3) is 0 Å². The highest BCUT2D eigenvalue weighted by Gasteiger charge is 2.42. The maximum absolute atomic E-state index is 13.1. The average molecular weight is 538 g/mol. The Morgan fingerprint density at radius 1 is 0.974 bits per heavy atom. The van der Waals surface area contributed by atoms with E-state index in [1.807, 2.05) is 56.4 Å². The van der Waals surface area contributed by atoms with Gasteiger partial charge in [0.15, 0.2) is 5.11 Å². The third-order valence-electron chi connectivity index (χ3n) is 7.76. The quantitative estimate of drug-likeness (QED) is 0.267. The summed E-state index contributed by atoms with van der Waals surface area (Å²) in [5, 5.41) is 7.27. The standard InChI is InChI=1S/C32H35N5OS/c1-20-14-15-21(2)27(19-20)34-28(38)16-18-36-31(30(35-32(36)39)26-13-9-10-17-33-26)29-22(3)23(4)37(24(29)5)25-11-7-6-8-12-25/h6-15,17,19,30-31H,16,18H2,1-5H3,(H,34,38)(H,35,39). The molecule has 1 aliphatic rings. The normalized spacial score (nSPS) is 16.8. The Balaban J connectivity index is 1.50. The number of thiocarbonyl (C=S) groups is 1. The van der Waals surface area contributed by atoms with Gasteiger partial charge in [0.1, 0.15) is 0 Å². The number of rotatable bonds is 7. The molecule has 6 nitrogen and oxygen atoms in total. The van der Waals surface area contributed by atoms with Crippen LogP contribution in [0.4, 0.5) is 5.69 Å². The number of nitrogens with zero attached hydrogens (tertiary/aromatic N) is 3. The first-order valence-electron chi connectivity index (χ1n) is 13.3. The van der Waals surface area contributed by atoms with Crippen LogP contribution in [0, 0.1) is 34.6 Å². The number of carbonyl (C=O) groups is 1. The van der Waals surface area contributed by atoms with E-state index in [4.69, 9.17) is 12.2 Å². The lowest BCUT2D eigenvalue weighted by molar-refractivity contribution is -0.116. The van der Waals surface area contributed by atoms with Crippen molar-refractivity contribution in [1.29, 1.82) is 0 Å². The molecule has 39 heavy (non-hydrogen) atoms. The van der Waals surface area contributed by atoms with Crippen LogP contribution < -0.4 is 10.6 Å². The van der Waals surface area contributed by atoms with E-state index >= 15 is 0 Å². The Morgan fingerprint density at radius 3 is 2.44 bits per heavy atom. The van der Waals surface area contributed by atoms with Crippen LogP contribution in [0.5, 0.6) is 0 Å². The Hall–Kier alpha value is -3.97. The zero-order valence-electron chi connectivity index (χ0n) is 23.2. The van der Waals surface area contributed by atoms with Gasteiger partial charge in [-0.3, -0.25) is 9.78 Å². The molecule has 1 saturated heterocycles. The summed E-state index contributed by atoms with van der Waals surface area (Å²) in [6.07, 6.45) is 2.13. The zero-order chi connectivity index (χ0) is 27.7. The molecule has 1 aliphatic heterocycles. The van der Waals surface area contributed by atoms with Crippen LogP contribution in [0.1, 0.15) is 57.8 Å². The van der Waals surface area contributed by atoms with Gasteiger partial charge in [-0.05, 0) is 93.9 Å². The molecule has 2 aromatic carbocycles. The summed E-state index contributed by atoms with van der Waals surface area (Å²) in [7, 11) is 0. The summed E-state index contributed by atoms with van der Waals surface area (Å²) < 4.78 is 2.31. The van der Waals surface area contributed by atoms with Crippen molar-refractivity contribution in [2.75, 3.05) is 11.9 Å². The Kier molecular flexibility index (Phi) is 7.53. The highest BCUT2D eigenvalue weighted by Crippen LogP contribution is 2.43. The number of benzene rings is 2. The van der Waals surface area contributed by atoms with Gasteiger partial charge in [-0.1, -0.05) is 36.4 Å². The second-order valence-electron chi connectivity index (χ2n) is 10.3. The number of para-hydroxylation sites is 1. The number of carbonyl (C=O) groups excluding carboxylic acids is 1. The molecule has 5 rings (SSSR count). The van der Waals surface area contributed by atoms with Gasteiger partial charge in [0.05, 0.1) is 17.8 Å². The van der Waals surface area contributed by atoms with Crippen molar-refractivity contribution in [2.45, 2.75) is 53.1 Å². The number of nitrogens with one attached hydrogen (secondary N) is 2. The minimum absolute atomic E-state index is 0.0296. The van der Waals surface area contributed by atoms with E-state index in [0.717, 1.165) is 28.2 Å². The monoisotopic (exact) mass is 537 g/mol. The van der Waals surface area contributed by atoms with Crippen molar-refractivity contribution in [2.24, 2.45) is 0 Å². The summed E-state index contributed by atoms with van der Waals surface area (Å²) in [5.41, 5.74) is 9.87. The highest BCUT2D eigenvalue weighted by molar-refractivity contribution is 7.80. The molecule has 200 valence electrons. The van der Waals surface area contributed by atoms with E-state index in [1.54, 1.807) is 0 Å². The number of aryl methyl sites for hydroxylation is 2. The van der Waals surface area contributed by atoms with Crippen molar-refractivity contribution in [1.82, 2.24) is 19.8 Å². The number of hydrogen-bond donors (Lipinski definition) is 2. The van der Waals surface area contributed by atoms with E-state index in [-0.39, 0.29) is 18.0 Å². The third-order valence-corrected chi connectivity index (χ3v) is 8.11. The largest absolute Gasteiger partial charge is 0.352 e. The SMILES string of the molecule is Cc1ccc(C)c(NC(=O)CCN2C(=S)NC(c3ccccn3)C2c2c(C)c(C)n(-c3ccccc3)c2C)c1. The first-order valence-corrected chi connectivity index (χ1v) is 13.8. The average Bonchev–Trinajstić information content (AvgIpc) is 3.37. The molecule has 1 fully saturated rings. The molecule has 4 aromatic rings. The molecule has 0 saturated carbocycles. The summed E-state index contributed by atoms with van der Waals surface area (Å²) in [4.78, 5) is 19.9. The van der Waals surface area contributed by atoms with Crippen LogP contribution in [-0.4, -0.2) is 32.0 Å². The van der Waals surface area contributed by atoms with E-state index < -0.39 is 0 Å². The van der Waals surface area contributed by atoms with Crippen LogP contribution >= 0.6 is 12.2 Å². The van der Waals surface area contributed by atoms with E-state index in [9.17, 15) is 4.79 Å². The number of anilines is 1. The van der Waals surface area contributed by atoms with Crippen molar-refractivity contribution < 1.29 is 4.79 Å². The van der Waals surface area contributed by atoms with Gasteiger partial charge in [-0.15, -0.1) is 0 Å². The Labute approximate surface area is 236 Å². The molecular formula is C32H35N5OS. The fourth-order valence-electron chi connectivity index (χ4n) is 5.67. The van der Waals surface area contributed by atoms with Gasteiger partial charge in [-0.25, -0.2) is 0 Å². The predicted octanol–water partition coefficient (Wildman–Crippen LogP) is 6.42. The number of amides is 1. The maximum atomic E-state index is 13.1. The molecule has 0 radical (unpaired) electrons. The van der Waals surface area contributed by atoms with Gasteiger partial charge >= 0.3 is 0 Å². The van der Waals surface area contributed by atoms with Gasteiger partial charge < -0.3 is 20.1 Å². The Bertz CT molecular complexity index is 1510. The van der Waals surface area contributed by atoms with Gasteiger partial charge in [0.2, 0.25) is 5.91 Å². The van der Waals surface area contributed by atoms with Crippen LogP contribution in [-0.2, 0) is 4.79 Å². The molecule has 2 N–H and O–H groups in total. The lowest BCUT2D eigenvalue weighted by Crippen LogP contribution is -2.33. The van der Waals surface area contributed by atoms with Crippen molar-refractivity contribution in [3.8, 4) is 5.69 Å². The molecular weight excluding hydrogens is 502 g/mol. The number of hydrogen-bond acceptors (Lipinski definition) is 3. The third kappa shape index (κ3) is 5.19. The summed E-state index contributed by atoms with van der Waals surface area (Å²) >= 11 is 5.88. The molecule has 0 aliphatic carbocycles.